The van der Waals surface area contributed by atoms with Gasteiger partial charge in [0.15, 0.2) is 5.69 Å². The molecule has 0 aliphatic rings. The van der Waals surface area contributed by atoms with Gasteiger partial charge >= 0.3 is 6.18 Å². The second kappa shape index (κ2) is 6.55. The molecule has 120 valence electrons. The number of rotatable bonds is 5. The Bertz CT molecular complexity index is 623. The van der Waals surface area contributed by atoms with E-state index in [9.17, 15) is 22.0 Å². The van der Waals surface area contributed by atoms with Crippen LogP contribution in [0.3, 0.4) is 0 Å². The Hall–Kier alpha value is -1.77. The van der Waals surface area contributed by atoms with Crippen LogP contribution in [0.25, 0.3) is 0 Å². The monoisotopic (exact) mass is 340 g/mol. The number of hydrogen-bond donors (Lipinski definition) is 0. The van der Waals surface area contributed by atoms with Crippen molar-refractivity contribution in [3.8, 4) is 0 Å². The molecule has 2 rings (SSSR count). The molecule has 0 atom stereocenters. The first-order valence-electron chi connectivity index (χ1n) is 6.13. The molecular formula is C12H10ClF5N4. The standard InChI is InChI=1S/C12H10ClF5N4/c13-7-3-19-10(20-4-7)6-22-5-8(12(16,17)18)21-11(22)2-1-9(14)15/h3-5,9H,1-2,6H2. The third-order valence-corrected chi connectivity index (χ3v) is 2.92. The van der Waals surface area contributed by atoms with Crippen LogP contribution < -0.4 is 0 Å². The van der Waals surface area contributed by atoms with Crippen LogP contribution in [-0.2, 0) is 19.1 Å². The first kappa shape index (κ1) is 16.6. The predicted octanol–water partition coefficient (Wildman–Crippen LogP) is 3.59. The highest BCUT2D eigenvalue weighted by molar-refractivity contribution is 6.30. The highest BCUT2D eigenvalue weighted by atomic mass is 35.5. The molecule has 22 heavy (non-hydrogen) atoms. The topological polar surface area (TPSA) is 43.6 Å². The summed E-state index contributed by atoms with van der Waals surface area (Å²) in [5.74, 6) is 0.111. The summed E-state index contributed by atoms with van der Waals surface area (Å²) in [7, 11) is 0. The average molecular weight is 341 g/mol. The molecule has 2 aromatic heterocycles. The van der Waals surface area contributed by atoms with Crippen molar-refractivity contribution in [2.24, 2.45) is 0 Å². The van der Waals surface area contributed by atoms with Gasteiger partial charge < -0.3 is 4.57 Å². The van der Waals surface area contributed by atoms with Crippen molar-refractivity contribution in [2.75, 3.05) is 0 Å². The molecule has 0 bridgehead atoms. The van der Waals surface area contributed by atoms with Crippen molar-refractivity contribution in [3.63, 3.8) is 0 Å². The van der Waals surface area contributed by atoms with E-state index in [0.717, 1.165) is 10.8 Å². The number of hydrogen-bond acceptors (Lipinski definition) is 3. The van der Waals surface area contributed by atoms with E-state index in [-0.39, 0.29) is 29.6 Å². The van der Waals surface area contributed by atoms with E-state index in [1.165, 1.54) is 12.4 Å². The molecule has 2 heterocycles. The predicted molar refractivity (Wildman–Crippen MR) is 67.7 cm³/mol. The van der Waals surface area contributed by atoms with Crippen LogP contribution in [0.4, 0.5) is 22.0 Å². The molecule has 0 fully saturated rings. The summed E-state index contributed by atoms with van der Waals surface area (Å²) < 4.78 is 63.7. The molecule has 0 unspecified atom stereocenters. The number of aryl methyl sites for hydroxylation is 1. The van der Waals surface area contributed by atoms with Crippen molar-refractivity contribution < 1.29 is 22.0 Å². The normalized spacial score (nSPS) is 12.1. The van der Waals surface area contributed by atoms with Crippen LogP contribution in [0.2, 0.25) is 5.02 Å². The Morgan fingerprint density at radius 3 is 2.36 bits per heavy atom. The Kier molecular flexibility index (Phi) is 4.94. The Morgan fingerprint density at radius 2 is 1.82 bits per heavy atom. The van der Waals surface area contributed by atoms with Crippen molar-refractivity contribution in [2.45, 2.75) is 32.0 Å². The molecule has 0 saturated heterocycles. The smallest absolute Gasteiger partial charge is 0.327 e. The van der Waals surface area contributed by atoms with Gasteiger partial charge in [0, 0.05) is 31.4 Å². The number of aromatic nitrogens is 4. The molecule has 0 N–H and O–H groups in total. The van der Waals surface area contributed by atoms with Gasteiger partial charge in [0.1, 0.15) is 11.6 Å². The number of halogens is 6. The van der Waals surface area contributed by atoms with Gasteiger partial charge in [-0.2, -0.15) is 13.2 Å². The van der Waals surface area contributed by atoms with E-state index in [1.807, 2.05) is 0 Å². The lowest BCUT2D eigenvalue weighted by Crippen LogP contribution is -2.08. The SMILES string of the molecule is FC(F)CCc1nc(C(F)(F)F)cn1Cc1ncc(Cl)cn1. The summed E-state index contributed by atoms with van der Waals surface area (Å²) in [6, 6.07) is 0. The molecule has 0 aliphatic carbocycles. The van der Waals surface area contributed by atoms with Crippen LogP contribution in [0, 0.1) is 0 Å². The van der Waals surface area contributed by atoms with Crippen molar-refractivity contribution >= 4 is 11.6 Å². The Balaban J connectivity index is 2.26. The van der Waals surface area contributed by atoms with Gasteiger partial charge in [-0.25, -0.2) is 23.7 Å². The van der Waals surface area contributed by atoms with Crippen LogP contribution >= 0.6 is 11.6 Å². The lowest BCUT2D eigenvalue weighted by atomic mass is 10.3. The molecule has 0 saturated carbocycles. The van der Waals surface area contributed by atoms with Crippen molar-refractivity contribution in [1.82, 2.24) is 19.5 Å². The fraction of sp³-hybridized carbons (Fsp3) is 0.417. The fourth-order valence-electron chi connectivity index (χ4n) is 1.74. The van der Waals surface area contributed by atoms with Gasteiger partial charge in [0.2, 0.25) is 6.43 Å². The highest BCUT2D eigenvalue weighted by Crippen LogP contribution is 2.29. The Morgan fingerprint density at radius 1 is 1.18 bits per heavy atom. The molecule has 0 aliphatic heterocycles. The van der Waals surface area contributed by atoms with Gasteiger partial charge in [-0.15, -0.1) is 0 Å². The lowest BCUT2D eigenvalue weighted by Gasteiger charge is -2.06. The maximum Gasteiger partial charge on any atom is 0.434 e. The van der Waals surface area contributed by atoms with E-state index in [0.29, 0.717) is 0 Å². The molecular weight excluding hydrogens is 331 g/mol. The lowest BCUT2D eigenvalue weighted by molar-refractivity contribution is -0.141. The largest absolute Gasteiger partial charge is 0.434 e. The van der Waals surface area contributed by atoms with Crippen LogP contribution in [-0.4, -0.2) is 25.9 Å². The van der Waals surface area contributed by atoms with Crippen LogP contribution in [0.1, 0.15) is 23.8 Å². The molecule has 0 aromatic carbocycles. The third kappa shape index (κ3) is 4.36. The molecule has 0 amide bonds. The molecule has 4 nitrogen and oxygen atoms in total. The zero-order valence-electron chi connectivity index (χ0n) is 11.0. The third-order valence-electron chi connectivity index (χ3n) is 2.72. The minimum atomic E-state index is -4.65. The quantitative estimate of drug-likeness (QED) is 0.781. The number of imidazole rings is 1. The maximum absolute atomic E-state index is 12.7. The highest BCUT2D eigenvalue weighted by Gasteiger charge is 2.34. The average Bonchev–Trinajstić information content (AvgIpc) is 2.82. The first-order valence-corrected chi connectivity index (χ1v) is 6.51. The summed E-state index contributed by atoms with van der Waals surface area (Å²) in [6.45, 7) is -0.112. The van der Waals surface area contributed by atoms with E-state index in [2.05, 4.69) is 15.0 Å². The first-order chi connectivity index (χ1) is 10.3. The molecule has 2 aromatic rings. The second-order valence-corrected chi connectivity index (χ2v) is 4.85. The van der Waals surface area contributed by atoms with Gasteiger partial charge in [0.05, 0.1) is 11.6 Å². The minimum Gasteiger partial charge on any atom is -0.327 e. The molecule has 10 heteroatoms. The molecule has 0 radical (unpaired) electrons. The van der Waals surface area contributed by atoms with E-state index < -0.39 is 24.7 Å². The summed E-state index contributed by atoms with van der Waals surface area (Å²) in [6.07, 6.45) is -4.76. The summed E-state index contributed by atoms with van der Waals surface area (Å²) in [5.41, 5.74) is -1.13. The van der Waals surface area contributed by atoms with E-state index in [4.69, 9.17) is 11.6 Å². The van der Waals surface area contributed by atoms with Crippen molar-refractivity contribution in [1.29, 1.82) is 0 Å². The Labute approximate surface area is 127 Å². The van der Waals surface area contributed by atoms with E-state index in [1.54, 1.807) is 0 Å². The van der Waals surface area contributed by atoms with Gasteiger partial charge in [0.25, 0.3) is 0 Å². The minimum absolute atomic E-state index is 0.0915. The zero-order valence-corrected chi connectivity index (χ0v) is 11.7. The number of alkyl halides is 5. The van der Waals surface area contributed by atoms with Crippen molar-refractivity contribution in [3.05, 3.63) is 41.0 Å². The van der Waals surface area contributed by atoms with Crippen LogP contribution in [0.5, 0.6) is 0 Å². The second-order valence-electron chi connectivity index (χ2n) is 4.42. The van der Waals surface area contributed by atoms with Gasteiger partial charge in [-0.05, 0) is 0 Å². The summed E-state index contributed by atoms with van der Waals surface area (Å²) in [5, 5.41) is 0.281. The van der Waals surface area contributed by atoms with Crippen LogP contribution in [0.15, 0.2) is 18.6 Å². The molecule has 0 spiro atoms. The van der Waals surface area contributed by atoms with Gasteiger partial charge in [-0.1, -0.05) is 11.6 Å². The maximum atomic E-state index is 12.7. The summed E-state index contributed by atoms with van der Waals surface area (Å²) in [4.78, 5) is 11.1. The van der Waals surface area contributed by atoms with Gasteiger partial charge in [-0.3, -0.25) is 0 Å². The zero-order chi connectivity index (χ0) is 16.3. The number of nitrogens with zero attached hydrogens (tertiary/aromatic N) is 4. The fourth-order valence-corrected chi connectivity index (χ4v) is 1.84. The van der Waals surface area contributed by atoms with E-state index >= 15 is 0 Å². The summed E-state index contributed by atoms with van der Waals surface area (Å²) >= 11 is 5.62.